The third-order valence-corrected chi connectivity index (χ3v) is 4.32. The van der Waals surface area contributed by atoms with Crippen LogP contribution in [0.5, 0.6) is 0 Å². The van der Waals surface area contributed by atoms with Gasteiger partial charge in [-0.25, -0.2) is 4.79 Å². The topological polar surface area (TPSA) is 52.3 Å². The smallest absolute Gasteiger partial charge is 0.327 e. The Balaban J connectivity index is 2.14. The van der Waals surface area contributed by atoms with Crippen molar-refractivity contribution in [1.82, 2.24) is 0 Å². The Kier molecular flexibility index (Phi) is 7.00. The molecule has 0 amide bonds. The van der Waals surface area contributed by atoms with Crippen LogP contribution in [-0.2, 0) is 16.1 Å². The third kappa shape index (κ3) is 5.47. The van der Waals surface area contributed by atoms with E-state index in [0.717, 1.165) is 11.1 Å². The molecule has 2 aromatic rings. The van der Waals surface area contributed by atoms with E-state index in [1.807, 2.05) is 81.4 Å². The van der Waals surface area contributed by atoms with Gasteiger partial charge in [-0.1, -0.05) is 74.2 Å². The summed E-state index contributed by atoms with van der Waals surface area (Å²) >= 11 is 0. The summed E-state index contributed by atoms with van der Waals surface area (Å²) in [4.78, 5) is 12.8. The van der Waals surface area contributed by atoms with E-state index >= 15 is 0 Å². The van der Waals surface area contributed by atoms with Crippen LogP contribution < -0.4 is 5.73 Å². The Morgan fingerprint density at radius 2 is 1.62 bits per heavy atom. The highest BCUT2D eigenvalue weighted by atomic mass is 16.5. The van der Waals surface area contributed by atoms with Gasteiger partial charge in [0, 0.05) is 11.5 Å². The van der Waals surface area contributed by atoms with Gasteiger partial charge < -0.3 is 10.5 Å². The van der Waals surface area contributed by atoms with Gasteiger partial charge in [-0.15, -0.1) is 0 Å². The van der Waals surface area contributed by atoms with E-state index in [9.17, 15) is 4.79 Å². The molecule has 0 fully saturated rings. The molecule has 3 heteroatoms. The Labute approximate surface area is 156 Å². The lowest BCUT2D eigenvalue weighted by atomic mass is 9.79. The molecule has 0 aliphatic carbocycles. The van der Waals surface area contributed by atoms with Crippen molar-refractivity contribution in [1.29, 1.82) is 0 Å². The lowest BCUT2D eigenvalue weighted by molar-refractivity contribution is -0.153. The van der Waals surface area contributed by atoms with Gasteiger partial charge >= 0.3 is 5.97 Å². The van der Waals surface area contributed by atoms with E-state index in [4.69, 9.17) is 10.5 Å². The second-order valence-electron chi connectivity index (χ2n) is 7.06. The number of benzene rings is 2. The molecule has 0 bridgehead atoms. The molecule has 0 aliphatic rings. The molecule has 0 aromatic heterocycles. The van der Waals surface area contributed by atoms with Crippen LogP contribution in [0.15, 0.2) is 60.7 Å². The lowest BCUT2D eigenvalue weighted by Gasteiger charge is -2.32. The molecule has 0 saturated carbocycles. The standard InChI is InChI=1S/C23H27NO2/c1-18(2)16-23(24,19(3)14-15-20-10-6-4-7-11-20)22(25)26-17-21-12-8-5-9-13-21/h4-13,18-19H,16-17,24H2,1-3H3/t19-,23+/m1/s1. The van der Waals surface area contributed by atoms with E-state index in [0.29, 0.717) is 6.42 Å². The zero-order valence-corrected chi connectivity index (χ0v) is 15.7. The summed E-state index contributed by atoms with van der Waals surface area (Å²) in [5.41, 5.74) is 7.25. The quantitative estimate of drug-likeness (QED) is 0.629. The first-order chi connectivity index (χ1) is 12.4. The predicted octanol–water partition coefficient (Wildman–Crippen LogP) is 4.16. The maximum atomic E-state index is 12.8. The minimum Gasteiger partial charge on any atom is -0.459 e. The number of esters is 1. The van der Waals surface area contributed by atoms with Gasteiger partial charge in [-0.3, -0.25) is 0 Å². The maximum Gasteiger partial charge on any atom is 0.327 e. The fourth-order valence-corrected chi connectivity index (χ4v) is 2.81. The van der Waals surface area contributed by atoms with Crippen molar-refractivity contribution in [2.24, 2.45) is 17.6 Å². The van der Waals surface area contributed by atoms with E-state index in [-0.39, 0.29) is 18.4 Å². The third-order valence-electron chi connectivity index (χ3n) is 4.32. The first-order valence-electron chi connectivity index (χ1n) is 8.98. The minimum absolute atomic E-state index is 0.218. The van der Waals surface area contributed by atoms with Crippen molar-refractivity contribution in [2.45, 2.75) is 39.3 Å². The molecule has 2 rings (SSSR count). The van der Waals surface area contributed by atoms with Crippen LogP contribution >= 0.6 is 0 Å². The van der Waals surface area contributed by atoms with Crippen molar-refractivity contribution in [3.63, 3.8) is 0 Å². The first-order valence-corrected chi connectivity index (χ1v) is 8.98. The second kappa shape index (κ2) is 9.22. The summed E-state index contributed by atoms with van der Waals surface area (Å²) in [6.45, 7) is 6.20. The van der Waals surface area contributed by atoms with Crippen molar-refractivity contribution in [3.05, 3.63) is 71.8 Å². The van der Waals surface area contributed by atoms with Crippen LogP contribution in [0.2, 0.25) is 0 Å². The lowest BCUT2D eigenvalue weighted by Crippen LogP contribution is -2.54. The average Bonchev–Trinajstić information content (AvgIpc) is 2.65. The monoisotopic (exact) mass is 349 g/mol. The normalized spacial score (nSPS) is 14.0. The van der Waals surface area contributed by atoms with Crippen LogP contribution in [0, 0.1) is 23.7 Å². The van der Waals surface area contributed by atoms with Gasteiger partial charge in [0.1, 0.15) is 12.1 Å². The van der Waals surface area contributed by atoms with Crippen LogP contribution in [0.4, 0.5) is 0 Å². The number of rotatable bonds is 6. The first kappa shape index (κ1) is 19.8. The van der Waals surface area contributed by atoms with E-state index in [2.05, 4.69) is 11.8 Å². The maximum absolute atomic E-state index is 12.8. The van der Waals surface area contributed by atoms with Crippen LogP contribution in [0.3, 0.4) is 0 Å². The van der Waals surface area contributed by atoms with Crippen LogP contribution in [0.25, 0.3) is 0 Å². The number of carbonyl (C=O) groups is 1. The fourth-order valence-electron chi connectivity index (χ4n) is 2.81. The average molecular weight is 349 g/mol. The fraction of sp³-hybridized carbons (Fsp3) is 0.348. The summed E-state index contributed by atoms with van der Waals surface area (Å²) < 4.78 is 5.54. The number of hydrogen-bond donors (Lipinski definition) is 1. The molecule has 0 saturated heterocycles. The largest absolute Gasteiger partial charge is 0.459 e. The number of carbonyl (C=O) groups excluding carboxylic acids is 1. The van der Waals surface area contributed by atoms with E-state index in [1.165, 1.54) is 0 Å². The summed E-state index contributed by atoms with van der Waals surface area (Å²) in [6.07, 6.45) is 0.519. The van der Waals surface area contributed by atoms with Crippen molar-refractivity contribution >= 4 is 5.97 Å². The van der Waals surface area contributed by atoms with E-state index < -0.39 is 11.5 Å². The highest BCUT2D eigenvalue weighted by Gasteiger charge is 2.41. The van der Waals surface area contributed by atoms with Crippen molar-refractivity contribution in [2.75, 3.05) is 0 Å². The molecule has 0 aliphatic heterocycles. The highest BCUT2D eigenvalue weighted by molar-refractivity contribution is 5.81. The Hall–Kier alpha value is -2.57. The SMILES string of the molecule is CC(C)C[C@@](N)(C(=O)OCc1ccccc1)[C@H](C)C#Cc1ccccc1. The Morgan fingerprint density at radius 3 is 2.19 bits per heavy atom. The summed E-state index contributed by atoms with van der Waals surface area (Å²) in [5.74, 6) is 5.79. The van der Waals surface area contributed by atoms with Gasteiger partial charge in [0.25, 0.3) is 0 Å². The Bertz CT molecular complexity index is 759. The molecule has 2 N–H and O–H groups in total. The number of nitrogens with two attached hydrogens (primary N) is 1. The molecule has 0 unspecified atom stereocenters. The molecule has 0 radical (unpaired) electrons. The molecule has 2 atom stereocenters. The molecule has 0 heterocycles. The molecule has 2 aromatic carbocycles. The van der Waals surface area contributed by atoms with Gasteiger partial charge in [-0.05, 0) is 37.0 Å². The summed E-state index contributed by atoms with van der Waals surface area (Å²) in [7, 11) is 0. The van der Waals surface area contributed by atoms with Crippen molar-refractivity contribution in [3.8, 4) is 11.8 Å². The zero-order chi connectivity index (χ0) is 19.0. The van der Waals surface area contributed by atoms with Crippen molar-refractivity contribution < 1.29 is 9.53 Å². The number of hydrogen-bond acceptors (Lipinski definition) is 3. The molecular formula is C23H27NO2. The van der Waals surface area contributed by atoms with Gasteiger partial charge in [-0.2, -0.15) is 0 Å². The molecule has 3 nitrogen and oxygen atoms in total. The van der Waals surface area contributed by atoms with Crippen LogP contribution in [0.1, 0.15) is 38.3 Å². The molecule has 26 heavy (non-hydrogen) atoms. The van der Waals surface area contributed by atoms with Crippen LogP contribution in [-0.4, -0.2) is 11.5 Å². The molecule has 0 spiro atoms. The van der Waals surface area contributed by atoms with Gasteiger partial charge in [0.15, 0.2) is 0 Å². The highest BCUT2D eigenvalue weighted by Crippen LogP contribution is 2.25. The minimum atomic E-state index is -1.13. The summed E-state index contributed by atoms with van der Waals surface area (Å²) in [5, 5.41) is 0. The van der Waals surface area contributed by atoms with Gasteiger partial charge in [0.05, 0.1) is 0 Å². The molecule has 136 valence electrons. The van der Waals surface area contributed by atoms with E-state index in [1.54, 1.807) is 0 Å². The summed E-state index contributed by atoms with van der Waals surface area (Å²) in [6, 6.07) is 19.3. The predicted molar refractivity (Wildman–Crippen MR) is 105 cm³/mol. The Morgan fingerprint density at radius 1 is 1.04 bits per heavy atom. The molecular weight excluding hydrogens is 322 g/mol. The second-order valence-corrected chi connectivity index (χ2v) is 7.06. The zero-order valence-electron chi connectivity index (χ0n) is 15.7. The number of ether oxygens (including phenoxy) is 1. The van der Waals surface area contributed by atoms with Gasteiger partial charge in [0.2, 0.25) is 0 Å².